The molecule has 1 saturated carbocycles. The van der Waals surface area contributed by atoms with E-state index in [1.807, 2.05) is 0 Å². The summed E-state index contributed by atoms with van der Waals surface area (Å²) in [6.07, 6.45) is 2.32. The molecule has 12 heavy (non-hydrogen) atoms. The second-order valence-electron chi connectivity index (χ2n) is 3.21. The topological polar surface area (TPSA) is 9.23 Å². The maximum Gasteiger partial charge on any atom is 0.0929 e. The number of hydrogen-bond donors (Lipinski definition) is 0. The Morgan fingerprint density at radius 2 is 1.83 bits per heavy atom. The lowest BCUT2D eigenvalue weighted by Gasteiger charge is -2.12. The van der Waals surface area contributed by atoms with Crippen LogP contribution in [0.2, 0.25) is 0 Å². The third-order valence-corrected chi connectivity index (χ3v) is 2.99. The molecule has 2 heteroatoms. The van der Waals surface area contributed by atoms with E-state index in [-0.39, 0.29) is 5.60 Å². The van der Waals surface area contributed by atoms with Gasteiger partial charge in [-0.1, -0.05) is 28.1 Å². The predicted octanol–water partition coefficient (Wildman–Crippen LogP) is 3.08. The zero-order valence-corrected chi connectivity index (χ0v) is 8.60. The molecule has 1 fully saturated rings. The van der Waals surface area contributed by atoms with Crippen LogP contribution in [0, 0.1) is 0 Å². The van der Waals surface area contributed by atoms with Crippen LogP contribution in [0.1, 0.15) is 18.4 Å². The van der Waals surface area contributed by atoms with Crippen molar-refractivity contribution in [1.29, 1.82) is 0 Å². The van der Waals surface area contributed by atoms with Crippen LogP contribution in [-0.2, 0) is 10.3 Å². The minimum Gasteiger partial charge on any atom is -0.374 e. The van der Waals surface area contributed by atoms with E-state index in [1.165, 1.54) is 5.56 Å². The Morgan fingerprint density at radius 3 is 2.25 bits per heavy atom. The fourth-order valence-electron chi connectivity index (χ4n) is 1.48. The normalized spacial score (nSPS) is 19.2. The smallest absolute Gasteiger partial charge is 0.0929 e. The summed E-state index contributed by atoms with van der Waals surface area (Å²) < 4.78 is 6.58. The van der Waals surface area contributed by atoms with Gasteiger partial charge in [-0.2, -0.15) is 0 Å². The van der Waals surface area contributed by atoms with Crippen LogP contribution in [0.3, 0.4) is 0 Å². The molecule has 1 aliphatic rings. The fraction of sp³-hybridized carbons (Fsp3) is 0.400. The number of hydrogen-bond acceptors (Lipinski definition) is 1. The SMILES string of the molecule is COC1(c2ccc(Br)cc2)CC1. The van der Waals surface area contributed by atoms with Crippen molar-refractivity contribution in [2.24, 2.45) is 0 Å². The van der Waals surface area contributed by atoms with Crippen molar-refractivity contribution in [1.82, 2.24) is 0 Å². The van der Waals surface area contributed by atoms with E-state index < -0.39 is 0 Å². The van der Waals surface area contributed by atoms with Crippen molar-refractivity contribution >= 4 is 15.9 Å². The van der Waals surface area contributed by atoms with E-state index in [1.54, 1.807) is 7.11 Å². The molecular formula is C10H11BrO. The molecule has 0 heterocycles. The van der Waals surface area contributed by atoms with Gasteiger partial charge in [0.2, 0.25) is 0 Å². The van der Waals surface area contributed by atoms with E-state index in [4.69, 9.17) is 4.74 Å². The second-order valence-corrected chi connectivity index (χ2v) is 4.12. The van der Waals surface area contributed by atoms with Crippen molar-refractivity contribution in [3.05, 3.63) is 34.3 Å². The molecule has 0 radical (unpaired) electrons. The molecule has 0 bridgehead atoms. The number of methoxy groups -OCH3 is 1. The summed E-state index contributed by atoms with van der Waals surface area (Å²) in [5.74, 6) is 0. The Labute approximate surface area is 80.9 Å². The summed E-state index contributed by atoms with van der Waals surface area (Å²) in [4.78, 5) is 0. The van der Waals surface area contributed by atoms with Crippen molar-refractivity contribution in [3.63, 3.8) is 0 Å². The van der Waals surface area contributed by atoms with Crippen LogP contribution in [0.15, 0.2) is 28.7 Å². The number of ether oxygens (including phenoxy) is 1. The van der Waals surface area contributed by atoms with Gasteiger partial charge in [-0.25, -0.2) is 0 Å². The monoisotopic (exact) mass is 226 g/mol. The van der Waals surface area contributed by atoms with E-state index in [9.17, 15) is 0 Å². The summed E-state index contributed by atoms with van der Waals surface area (Å²) >= 11 is 3.41. The molecule has 0 saturated heterocycles. The van der Waals surface area contributed by atoms with Gasteiger partial charge in [0.15, 0.2) is 0 Å². The highest BCUT2D eigenvalue weighted by atomic mass is 79.9. The van der Waals surface area contributed by atoms with Crippen molar-refractivity contribution < 1.29 is 4.74 Å². The zero-order valence-electron chi connectivity index (χ0n) is 7.01. The van der Waals surface area contributed by atoms with Crippen LogP contribution >= 0.6 is 15.9 Å². The molecular weight excluding hydrogens is 216 g/mol. The molecule has 2 rings (SSSR count). The Bertz CT molecular complexity index is 274. The van der Waals surface area contributed by atoms with Gasteiger partial charge >= 0.3 is 0 Å². The Hall–Kier alpha value is -0.340. The molecule has 0 atom stereocenters. The highest BCUT2D eigenvalue weighted by Gasteiger charge is 2.44. The molecule has 0 amide bonds. The molecule has 0 aromatic heterocycles. The van der Waals surface area contributed by atoms with E-state index in [2.05, 4.69) is 40.2 Å². The molecule has 64 valence electrons. The van der Waals surface area contributed by atoms with E-state index in [0.717, 1.165) is 17.3 Å². The largest absolute Gasteiger partial charge is 0.374 e. The minimum absolute atomic E-state index is 0.0562. The Morgan fingerprint density at radius 1 is 1.25 bits per heavy atom. The first-order chi connectivity index (χ1) is 5.77. The van der Waals surface area contributed by atoms with Gasteiger partial charge < -0.3 is 4.74 Å². The first kappa shape index (κ1) is 8.27. The van der Waals surface area contributed by atoms with Crippen LogP contribution in [-0.4, -0.2) is 7.11 Å². The van der Waals surface area contributed by atoms with Gasteiger partial charge in [-0.15, -0.1) is 0 Å². The molecule has 0 aliphatic heterocycles. The first-order valence-electron chi connectivity index (χ1n) is 4.08. The first-order valence-corrected chi connectivity index (χ1v) is 4.87. The summed E-state index contributed by atoms with van der Waals surface area (Å²) in [5, 5.41) is 0. The van der Waals surface area contributed by atoms with Gasteiger partial charge in [0.25, 0.3) is 0 Å². The summed E-state index contributed by atoms with van der Waals surface area (Å²) in [5.41, 5.74) is 1.36. The average molecular weight is 227 g/mol. The van der Waals surface area contributed by atoms with Gasteiger partial charge in [-0.3, -0.25) is 0 Å². The van der Waals surface area contributed by atoms with Gasteiger partial charge in [0.1, 0.15) is 0 Å². The van der Waals surface area contributed by atoms with E-state index in [0.29, 0.717) is 0 Å². The van der Waals surface area contributed by atoms with Gasteiger partial charge in [0, 0.05) is 11.6 Å². The lowest BCUT2D eigenvalue weighted by Crippen LogP contribution is -2.07. The summed E-state index contributed by atoms with van der Waals surface area (Å²) in [6, 6.07) is 8.38. The zero-order chi connectivity index (χ0) is 8.60. The third-order valence-electron chi connectivity index (χ3n) is 2.47. The molecule has 0 N–H and O–H groups in total. The van der Waals surface area contributed by atoms with Crippen LogP contribution in [0.4, 0.5) is 0 Å². The third kappa shape index (κ3) is 1.29. The lowest BCUT2D eigenvalue weighted by molar-refractivity contribution is 0.0789. The average Bonchev–Trinajstić information content (AvgIpc) is 2.86. The van der Waals surface area contributed by atoms with Crippen molar-refractivity contribution in [2.45, 2.75) is 18.4 Å². The minimum atomic E-state index is 0.0562. The summed E-state index contributed by atoms with van der Waals surface area (Å²) in [7, 11) is 1.79. The number of halogens is 1. The van der Waals surface area contributed by atoms with Crippen molar-refractivity contribution in [3.8, 4) is 0 Å². The van der Waals surface area contributed by atoms with Gasteiger partial charge in [0.05, 0.1) is 5.60 Å². The molecule has 1 nitrogen and oxygen atoms in total. The maximum atomic E-state index is 5.46. The van der Waals surface area contributed by atoms with Gasteiger partial charge in [-0.05, 0) is 30.5 Å². The summed E-state index contributed by atoms with van der Waals surface area (Å²) in [6.45, 7) is 0. The maximum absolute atomic E-state index is 5.46. The molecule has 0 unspecified atom stereocenters. The predicted molar refractivity (Wildman–Crippen MR) is 52.1 cm³/mol. The highest BCUT2D eigenvalue weighted by Crippen LogP contribution is 2.48. The lowest BCUT2D eigenvalue weighted by atomic mass is 10.1. The fourth-order valence-corrected chi connectivity index (χ4v) is 1.74. The molecule has 1 aromatic carbocycles. The highest BCUT2D eigenvalue weighted by molar-refractivity contribution is 9.10. The quantitative estimate of drug-likeness (QED) is 0.754. The Balaban J connectivity index is 2.29. The van der Waals surface area contributed by atoms with Crippen LogP contribution in [0.5, 0.6) is 0 Å². The molecule has 0 spiro atoms. The standard InChI is InChI=1S/C10H11BrO/c1-12-10(6-7-10)8-2-4-9(11)5-3-8/h2-5H,6-7H2,1H3. The van der Waals surface area contributed by atoms with Crippen LogP contribution < -0.4 is 0 Å². The van der Waals surface area contributed by atoms with Crippen molar-refractivity contribution in [2.75, 3.05) is 7.11 Å². The number of rotatable bonds is 2. The molecule has 1 aromatic rings. The second kappa shape index (κ2) is 2.86. The Kier molecular flexibility index (Phi) is 1.97. The van der Waals surface area contributed by atoms with Crippen LogP contribution in [0.25, 0.3) is 0 Å². The molecule has 1 aliphatic carbocycles. The number of benzene rings is 1. The van der Waals surface area contributed by atoms with E-state index >= 15 is 0 Å².